The molecule has 1 aliphatic carbocycles. The van der Waals surface area contributed by atoms with E-state index >= 15 is 0 Å². The number of rotatable bonds is 7. The molecule has 184 valence electrons. The van der Waals surface area contributed by atoms with Gasteiger partial charge < -0.3 is 10.1 Å². The quantitative estimate of drug-likeness (QED) is 0.435. The molecule has 4 nitrogen and oxygen atoms in total. The van der Waals surface area contributed by atoms with Crippen LogP contribution < -0.4 is 10.1 Å². The maximum atomic E-state index is 13.6. The molecule has 1 saturated carbocycles. The Morgan fingerprint density at radius 2 is 1.71 bits per heavy atom. The molecule has 1 saturated heterocycles. The minimum atomic E-state index is -0.627. The van der Waals surface area contributed by atoms with Crippen molar-refractivity contribution in [1.29, 1.82) is 0 Å². The van der Waals surface area contributed by atoms with E-state index in [0.717, 1.165) is 80.6 Å². The predicted molar refractivity (Wildman–Crippen MR) is 141 cm³/mol. The summed E-state index contributed by atoms with van der Waals surface area (Å²) in [6, 6.07) is 13.2. The van der Waals surface area contributed by atoms with E-state index in [0.29, 0.717) is 16.7 Å². The number of anilines is 1. The molecule has 1 aliphatic heterocycles. The van der Waals surface area contributed by atoms with Crippen LogP contribution in [0.15, 0.2) is 42.5 Å². The number of ether oxygens (including phenoxy) is 1. The van der Waals surface area contributed by atoms with Crippen LogP contribution in [0.3, 0.4) is 0 Å². The molecule has 2 aromatic rings. The van der Waals surface area contributed by atoms with Crippen LogP contribution in [0.25, 0.3) is 0 Å². The lowest BCUT2D eigenvalue weighted by atomic mass is 9.68. The number of hydrogen-bond donors (Lipinski definition) is 1. The van der Waals surface area contributed by atoms with Crippen molar-refractivity contribution in [2.45, 2.75) is 57.8 Å². The smallest absolute Gasteiger partial charge is 0.235 e. The molecular weight excluding hydrogens is 467 g/mol. The highest BCUT2D eigenvalue weighted by molar-refractivity contribution is 6.35. The predicted octanol–water partition coefficient (Wildman–Crippen LogP) is 7.19. The molecule has 2 fully saturated rings. The molecule has 34 heavy (non-hydrogen) atoms. The van der Waals surface area contributed by atoms with Gasteiger partial charge >= 0.3 is 0 Å². The topological polar surface area (TPSA) is 41.6 Å². The molecule has 0 bridgehead atoms. The van der Waals surface area contributed by atoms with Crippen LogP contribution in [0.1, 0.15) is 57.9 Å². The van der Waals surface area contributed by atoms with E-state index in [1.165, 1.54) is 6.42 Å². The van der Waals surface area contributed by atoms with Gasteiger partial charge in [-0.2, -0.15) is 0 Å². The molecule has 1 N–H and O–H groups in total. The third-order valence-electron chi connectivity index (χ3n) is 7.32. The van der Waals surface area contributed by atoms with Gasteiger partial charge in [0.15, 0.2) is 0 Å². The number of benzene rings is 2. The number of nitrogens with one attached hydrogen (secondary N) is 1. The van der Waals surface area contributed by atoms with E-state index in [9.17, 15) is 4.79 Å². The Bertz CT molecular complexity index is 963. The Balaban J connectivity index is 1.37. The lowest BCUT2D eigenvalue weighted by Gasteiger charge is -2.37. The third kappa shape index (κ3) is 6.08. The zero-order chi connectivity index (χ0) is 24.1. The highest BCUT2D eigenvalue weighted by Crippen LogP contribution is 2.44. The van der Waals surface area contributed by atoms with Crippen molar-refractivity contribution in [1.82, 2.24) is 4.90 Å². The van der Waals surface area contributed by atoms with Crippen LogP contribution in [0.4, 0.5) is 5.69 Å². The first-order valence-corrected chi connectivity index (χ1v) is 13.3. The summed E-state index contributed by atoms with van der Waals surface area (Å²) in [6.45, 7) is 8.57. The first-order valence-electron chi connectivity index (χ1n) is 12.6. The van der Waals surface area contributed by atoms with E-state index in [4.69, 9.17) is 27.9 Å². The summed E-state index contributed by atoms with van der Waals surface area (Å²) in [7, 11) is 0. The van der Waals surface area contributed by atoms with Crippen molar-refractivity contribution < 1.29 is 9.53 Å². The summed E-state index contributed by atoms with van der Waals surface area (Å²) >= 11 is 12.7. The molecule has 0 spiro atoms. The van der Waals surface area contributed by atoms with Crippen molar-refractivity contribution in [3.05, 3.63) is 58.1 Å². The molecular formula is C28H36Cl2N2O2. The van der Waals surface area contributed by atoms with Crippen LogP contribution >= 0.6 is 23.2 Å². The van der Waals surface area contributed by atoms with Gasteiger partial charge in [0.05, 0.1) is 5.41 Å². The molecule has 0 aromatic heterocycles. The van der Waals surface area contributed by atoms with Crippen LogP contribution in [0, 0.1) is 11.8 Å². The van der Waals surface area contributed by atoms with Crippen LogP contribution in [-0.4, -0.2) is 37.0 Å². The minimum absolute atomic E-state index is 0.00145. The zero-order valence-corrected chi connectivity index (χ0v) is 21.8. The first-order chi connectivity index (χ1) is 16.4. The van der Waals surface area contributed by atoms with Gasteiger partial charge in [-0.3, -0.25) is 9.69 Å². The van der Waals surface area contributed by atoms with Gasteiger partial charge in [-0.25, -0.2) is 0 Å². The Labute approximate surface area is 214 Å². The second kappa shape index (κ2) is 11.3. The van der Waals surface area contributed by atoms with Gasteiger partial charge in [-0.05, 0) is 73.1 Å². The number of piperidine rings is 1. The van der Waals surface area contributed by atoms with Crippen LogP contribution in [0.2, 0.25) is 10.0 Å². The average molecular weight is 504 g/mol. The standard InChI is InChI=1S/C28H36Cl2N2O2/c1-20-16-21(2)19-32(18-20)14-15-34-24-9-7-23(8-10-24)31-27(33)28(12-4-3-5-13-28)25-11-6-22(29)17-26(25)30/h6-11,17,20-21H,3-5,12-16,18-19H2,1-2H3,(H,31,33)/t20-,21-/m0/s1. The molecule has 2 aromatic carbocycles. The van der Waals surface area contributed by atoms with E-state index in [2.05, 4.69) is 24.1 Å². The average Bonchev–Trinajstić information content (AvgIpc) is 2.80. The highest BCUT2D eigenvalue weighted by Gasteiger charge is 2.42. The van der Waals surface area contributed by atoms with Gasteiger partial charge in [0.2, 0.25) is 5.91 Å². The van der Waals surface area contributed by atoms with Crippen molar-refractivity contribution >= 4 is 34.8 Å². The number of halogens is 2. The summed E-state index contributed by atoms with van der Waals surface area (Å²) in [6.07, 6.45) is 6.04. The molecule has 0 radical (unpaired) electrons. The Morgan fingerprint density at radius 3 is 2.35 bits per heavy atom. The number of nitrogens with zero attached hydrogens (tertiary/aromatic N) is 1. The van der Waals surface area contributed by atoms with Crippen molar-refractivity contribution in [2.24, 2.45) is 11.8 Å². The largest absolute Gasteiger partial charge is 0.492 e. The van der Waals surface area contributed by atoms with Crippen molar-refractivity contribution in [3.8, 4) is 5.75 Å². The molecule has 1 heterocycles. The molecule has 0 unspecified atom stereocenters. The molecule has 4 rings (SSSR count). The summed E-state index contributed by atoms with van der Waals surface area (Å²) in [5, 5.41) is 4.29. The Morgan fingerprint density at radius 1 is 1.03 bits per heavy atom. The minimum Gasteiger partial charge on any atom is -0.492 e. The van der Waals surface area contributed by atoms with Crippen LogP contribution in [-0.2, 0) is 10.2 Å². The second-order valence-electron chi connectivity index (χ2n) is 10.3. The Kier molecular flexibility index (Phi) is 8.44. The lowest BCUT2D eigenvalue weighted by molar-refractivity contribution is -0.122. The number of carbonyl (C=O) groups is 1. The highest BCUT2D eigenvalue weighted by atomic mass is 35.5. The first kappa shape index (κ1) is 25.3. The molecule has 2 aliphatic rings. The van der Waals surface area contributed by atoms with Gasteiger partial charge in [0.1, 0.15) is 12.4 Å². The summed E-state index contributed by atoms with van der Waals surface area (Å²) in [5.74, 6) is 2.33. The zero-order valence-electron chi connectivity index (χ0n) is 20.3. The maximum Gasteiger partial charge on any atom is 0.235 e. The molecule has 2 atom stereocenters. The second-order valence-corrected chi connectivity index (χ2v) is 11.1. The van der Waals surface area contributed by atoms with Gasteiger partial charge in [-0.15, -0.1) is 0 Å². The number of carbonyl (C=O) groups excluding carboxylic acids is 1. The Hall–Kier alpha value is -1.75. The van der Waals surface area contributed by atoms with Gasteiger partial charge in [0, 0.05) is 35.4 Å². The van der Waals surface area contributed by atoms with Crippen molar-refractivity contribution in [3.63, 3.8) is 0 Å². The third-order valence-corrected chi connectivity index (χ3v) is 7.87. The van der Waals surface area contributed by atoms with E-state index in [1.807, 2.05) is 36.4 Å². The monoisotopic (exact) mass is 502 g/mol. The van der Waals surface area contributed by atoms with E-state index in [-0.39, 0.29) is 5.91 Å². The van der Waals surface area contributed by atoms with Crippen molar-refractivity contribution in [2.75, 3.05) is 31.6 Å². The summed E-state index contributed by atoms with van der Waals surface area (Å²) < 4.78 is 5.99. The number of amides is 1. The van der Waals surface area contributed by atoms with Gasteiger partial charge in [-0.1, -0.05) is 62.4 Å². The maximum absolute atomic E-state index is 13.6. The molecule has 1 amide bonds. The number of hydrogen-bond acceptors (Lipinski definition) is 3. The van der Waals surface area contributed by atoms with E-state index in [1.54, 1.807) is 6.07 Å². The SMILES string of the molecule is C[C@H]1C[C@H](C)CN(CCOc2ccc(NC(=O)C3(c4ccc(Cl)cc4Cl)CCCCC3)cc2)C1. The number of likely N-dealkylation sites (tertiary alicyclic amines) is 1. The molecule has 6 heteroatoms. The normalized spacial score (nSPS) is 22.8. The summed E-state index contributed by atoms with van der Waals surface area (Å²) in [4.78, 5) is 16.1. The lowest BCUT2D eigenvalue weighted by Crippen LogP contribution is -2.42. The fourth-order valence-electron chi connectivity index (χ4n) is 5.80. The van der Waals surface area contributed by atoms with Gasteiger partial charge in [0.25, 0.3) is 0 Å². The fourth-order valence-corrected chi connectivity index (χ4v) is 6.39. The van der Waals surface area contributed by atoms with E-state index < -0.39 is 5.41 Å². The van der Waals surface area contributed by atoms with Crippen LogP contribution in [0.5, 0.6) is 5.75 Å². The summed E-state index contributed by atoms with van der Waals surface area (Å²) in [5.41, 5.74) is 1.01. The fraction of sp³-hybridized carbons (Fsp3) is 0.536.